The molecule has 128 valence electrons. The van der Waals surface area contributed by atoms with E-state index in [1.54, 1.807) is 0 Å². The van der Waals surface area contributed by atoms with E-state index in [0.717, 1.165) is 0 Å². The van der Waals surface area contributed by atoms with Gasteiger partial charge in [-0.3, -0.25) is 4.79 Å². The highest BCUT2D eigenvalue weighted by molar-refractivity contribution is 8.00. The first kappa shape index (κ1) is 16.1. The zero-order chi connectivity index (χ0) is 17.9. The Balaban J connectivity index is 2.03. The van der Waals surface area contributed by atoms with Crippen LogP contribution in [0.5, 0.6) is 0 Å². The molecule has 10 heteroatoms. The zero-order valence-corrected chi connectivity index (χ0v) is 16.0. The number of carbonyl (C=O) groups is 1. The SMILES string of the molecule is [3H]C1CC([N+](C)(C)NC(=O)C2OC([3H])CC2OPP)C(COP)O1. The Labute approximate surface area is 140 Å². The summed E-state index contributed by atoms with van der Waals surface area (Å²) in [7, 11) is 8.49. The van der Waals surface area contributed by atoms with Gasteiger partial charge in [0.2, 0.25) is 0 Å². The van der Waals surface area contributed by atoms with E-state index < -0.39 is 25.4 Å². The summed E-state index contributed by atoms with van der Waals surface area (Å²) in [5.74, 6) is -0.318. The van der Waals surface area contributed by atoms with Gasteiger partial charge in [0.25, 0.3) is 5.91 Å². The lowest BCUT2D eigenvalue weighted by Gasteiger charge is -2.37. The van der Waals surface area contributed by atoms with Gasteiger partial charge >= 0.3 is 0 Å². The molecular formula is C12H26N2O5P3+. The fourth-order valence-electron chi connectivity index (χ4n) is 2.77. The highest BCUT2D eigenvalue weighted by Gasteiger charge is 2.44. The molecule has 0 radical (unpaired) electrons. The van der Waals surface area contributed by atoms with Crippen LogP contribution in [0.4, 0.5) is 0 Å². The van der Waals surface area contributed by atoms with Crippen LogP contribution in [-0.2, 0) is 23.3 Å². The fourth-order valence-corrected chi connectivity index (χ4v) is 3.88. The molecule has 22 heavy (non-hydrogen) atoms. The lowest BCUT2D eigenvalue weighted by Crippen LogP contribution is -2.65. The van der Waals surface area contributed by atoms with Crippen LogP contribution in [0.1, 0.15) is 15.6 Å². The molecular weight excluding hydrogens is 345 g/mol. The number of nitrogens with one attached hydrogen (secondary N) is 1. The number of ether oxygens (including phenoxy) is 2. The quantitative estimate of drug-likeness (QED) is 0.402. The molecule has 0 aromatic heterocycles. The summed E-state index contributed by atoms with van der Waals surface area (Å²) >= 11 is 0. The Kier molecular flexibility index (Phi) is 6.27. The molecule has 2 aliphatic rings. The van der Waals surface area contributed by atoms with Crippen molar-refractivity contribution in [2.75, 3.05) is 33.9 Å². The lowest BCUT2D eigenvalue weighted by molar-refractivity contribution is -0.950. The minimum absolute atomic E-state index is 0.117. The molecule has 0 aromatic rings. The van der Waals surface area contributed by atoms with Gasteiger partial charge in [0.05, 0.1) is 42.7 Å². The largest absolute Gasteiger partial charge is 0.369 e. The van der Waals surface area contributed by atoms with Crippen LogP contribution in [0.25, 0.3) is 0 Å². The van der Waals surface area contributed by atoms with Crippen molar-refractivity contribution < 1.29 is 30.6 Å². The van der Waals surface area contributed by atoms with Gasteiger partial charge in [-0.1, -0.05) is 8.93 Å². The Morgan fingerprint density at radius 3 is 2.86 bits per heavy atom. The molecule has 2 rings (SSSR count). The maximum Gasteiger partial charge on any atom is 0.296 e. The number of nitrogens with zero attached hydrogens (tertiary/aromatic N) is 1. The van der Waals surface area contributed by atoms with Crippen molar-refractivity contribution in [1.29, 1.82) is 0 Å². The van der Waals surface area contributed by atoms with E-state index in [9.17, 15) is 4.79 Å². The summed E-state index contributed by atoms with van der Waals surface area (Å²) in [4.78, 5) is 12.7. The second kappa shape index (κ2) is 8.60. The van der Waals surface area contributed by atoms with E-state index in [4.69, 9.17) is 21.3 Å². The van der Waals surface area contributed by atoms with Gasteiger partial charge in [-0.05, 0) is 0 Å². The summed E-state index contributed by atoms with van der Waals surface area (Å²) in [6.45, 7) is -1.06. The van der Waals surface area contributed by atoms with E-state index in [1.165, 1.54) is 0 Å². The van der Waals surface area contributed by atoms with Crippen molar-refractivity contribution >= 4 is 32.8 Å². The molecule has 2 heterocycles. The molecule has 2 fully saturated rings. The van der Waals surface area contributed by atoms with E-state index in [1.807, 2.05) is 14.1 Å². The van der Waals surface area contributed by atoms with Crippen LogP contribution in [0.2, 0.25) is 0 Å². The van der Waals surface area contributed by atoms with E-state index >= 15 is 0 Å². The first-order valence-corrected chi connectivity index (χ1v) is 10.2. The fraction of sp³-hybridized carbons (Fsp3) is 0.917. The summed E-state index contributed by atoms with van der Waals surface area (Å²) in [5.41, 5.74) is 2.94. The molecule has 9 atom stereocenters. The van der Waals surface area contributed by atoms with Gasteiger partial charge in [0, 0.05) is 30.8 Å². The van der Waals surface area contributed by atoms with Gasteiger partial charge in [-0.2, -0.15) is 5.43 Å². The standard InChI is InChI=1S/C12H25N2O5P3/c1-14(2,8-3-5-16-10(8)7-18-20)13-12(15)11-9(19-22-21)4-6-17-11/h8-11,22H,3-7,20-21H2,1-2H3/p+1/i5T,6T. The number of hydrogen-bond donors (Lipinski definition) is 1. The third kappa shape index (κ3) is 4.55. The summed E-state index contributed by atoms with van der Waals surface area (Å²) in [5, 5.41) is 0. The third-order valence-electron chi connectivity index (χ3n) is 3.91. The van der Waals surface area contributed by atoms with Gasteiger partial charge in [0.1, 0.15) is 12.1 Å². The highest BCUT2D eigenvalue weighted by atomic mass is 32.0. The molecule has 0 aliphatic carbocycles. The molecule has 0 saturated carbocycles. The van der Waals surface area contributed by atoms with Crippen LogP contribution >= 0.6 is 26.9 Å². The number of hydrogen-bond acceptors (Lipinski definition) is 5. The topological polar surface area (TPSA) is 66.0 Å². The number of rotatable bonds is 7. The van der Waals surface area contributed by atoms with Gasteiger partial charge in [-0.15, -0.1) is 0 Å². The molecule has 1 N–H and O–H groups in total. The van der Waals surface area contributed by atoms with Crippen LogP contribution < -0.4 is 5.43 Å². The minimum Gasteiger partial charge on any atom is -0.369 e. The number of likely N-dealkylation sites (N-methyl/N-ethyl adjacent to an activating group) is 1. The average Bonchev–Trinajstić information content (AvgIpc) is 3.03. The minimum atomic E-state index is -0.802. The third-order valence-corrected chi connectivity index (χ3v) is 4.95. The van der Waals surface area contributed by atoms with Crippen LogP contribution in [0.15, 0.2) is 0 Å². The number of carbonyl (C=O) groups excluding carboxylic acids is 1. The second-order valence-electron chi connectivity index (χ2n) is 5.73. The van der Waals surface area contributed by atoms with Crippen LogP contribution in [0, 0.1) is 0 Å². The van der Waals surface area contributed by atoms with Crippen LogP contribution in [-0.4, -0.2) is 68.7 Å². The Morgan fingerprint density at radius 1 is 1.45 bits per heavy atom. The first-order chi connectivity index (χ1) is 11.3. The predicted molar refractivity (Wildman–Crippen MR) is 91.3 cm³/mol. The molecule has 7 nitrogen and oxygen atoms in total. The predicted octanol–water partition coefficient (Wildman–Crippen LogP) is 0.616. The van der Waals surface area contributed by atoms with Gasteiger partial charge in [-0.25, -0.2) is 4.59 Å². The molecule has 0 aromatic carbocycles. The van der Waals surface area contributed by atoms with Crippen molar-refractivity contribution in [2.24, 2.45) is 0 Å². The highest BCUT2D eigenvalue weighted by Crippen LogP contribution is 2.30. The maximum atomic E-state index is 12.7. The molecule has 2 saturated heterocycles. The monoisotopic (exact) mass is 375 g/mol. The van der Waals surface area contributed by atoms with E-state index in [2.05, 4.69) is 23.8 Å². The first-order valence-electron chi connectivity index (χ1n) is 8.18. The van der Waals surface area contributed by atoms with Crippen molar-refractivity contribution in [3.8, 4) is 0 Å². The molecule has 0 spiro atoms. The lowest BCUT2D eigenvalue weighted by atomic mass is 10.1. The number of quaternary nitrogens is 1. The van der Waals surface area contributed by atoms with Crippen molar-refractivity contribution in [3.05, 3.63) is 0 Å². The van der Waals surface area contributed by atoms with Crippen LogP contribution in [0.3, 0.4) is 0 Å². The normalized spacial score (nSPS) is 40.9. The molecule has 0 bridgehead atoms. The van der Waals surface area contributed by atoms with Gasteiger partial charge in [0.15, 0.2) is 6.10 Å². The van der Waals surface area contributed by atoms with Gasteiger partial charge < -0.3 is 18.5 Å². The summed E-state index contributed by atoms with van der Waals surface area (Å²) < 4.78 is 37.3. The zero-order valence-electron chi connectivity index (χ0n) is 14.7. The number of amides is 1. The summed E-state index contributed by atoms with van der Waals surface area (Å²) in [6, 6.07) is -0.117. The Morgan fingerprint density at radius 2 is 2.18 bits per heavy atom. The van der Waals surface area contributed by atoms with E-state index in [0.29, 0.717) is 19.4 Å². The Bertz CT molecular complexity index is 451. The summed E-state index contributed by atoms with van der Waals surface area (Å²) in [6.07, 6.45) is -0.639. The van der Waals surface area contributed by atoms with Crippen molar-refractivity contribution in [3.63, 3.8) is 0 Å². The van der Waals surface area contributed by atoms with Crippen molar-refractivity contribution in [1.82, 2.24) is 5.43 Å². The second-order valence-corrected chi connectivity index (χ2v) is 7.24. The van der Waals surface area contributed by atoms with E-state index in [-0.39, 0.29) is 31.1 Å². The van der Waals surface area contributed by atoms with Crippen molar-refractivity contribution in [2.45, 2.75) is 37.2 Å². The Hall–Kier alpha value is 0.560. The molecule has 9 unspecified atom stereocenters. The molecule has 2 aliphatic heterocycles. The maximum absolute atomic E-state index is 12.7. The smallest absolute Gasteiger partial charge is 0.296 e. The molecule has 1 amide bonds. The average molecular weight is 375 g/mol.